The van der Waals surface area contributed by atoms with Crippen molar-refractivity contribution in [3.63, 3.8) is 0 Å². The van der Waals surface area contributed by atoms with Crippen LogP contribution in [0.5, 0.6) is 0 Å². The molecular weight excluding hydrogens is 245 g/mol. The van der Waals surface area contributed by atoms with Crippen molar-refractivity contribution in [2.45, 2.75) is 12.8 Å². The lowest BCUT2D eigenvalue weighted by Crippen LogP contribution is -2.38. The number of hydrogen-bond acceptors (Lipinski definition) is 3. The fourth-order valence-electron chi connectivity index (χ4n) is 2.48. The van der Waals surface area contributed by atoms with E-state index in [4.69, 9.17) is 4.74 Å². The van der Waals surface area contributed by atoms with Crippen LogP contribution in [-0.4, -0.2) is 44.0 Å². The lowest BCUT2D eigenvalue weighted by atomic mass is 9.97. The maximum absolute atomic E-state index is 12.8. The Balaban J connectivity index is 1.82. The number of ether oxygens (including phenoxy) is 1. The van der Waals surface area contributed by atoms with Gasteiger partial charge in [0, 0.05) is 19.3 Å². The molecule has 2 rings (SSSR count). The first-order chi connectivity index (χ1) is 9.19. The first-order valence-corrected chi connectivity index (χ1v) is 6.69. The van der Waals surface area contributed by atoms with Crippen molar-refractivity contribution in [1.29, 1.82) is 0 Å². The van der Waals surface area contributed by atoms with Crippen LogP contribution in [0.3, 0.4) is 0 Å². The van der Waals surface area contributed by atoms with Crippen molar-refractivity contribution in [3.05, 3.63) is 35.6 Å². The summed E-state index contributed by atoms with van der Waals surface area (Å²) in [6, 6.07) is 5.76. The van der Waals surface area contributed by atoms with E-state index in [-0.39, 0.29) is 11.6 Å². The molecule has 1 aliphatic rings. The molecule has 0 N–H and O–H groups in total. The van der Waals surface area contributed by atoms with Gasteiger partial charge in [0.25, 0.3) is 0 Å². The average Bonchev–Trinajstić information content (AvgIpc) is 2.42. The van der Waals surface area contributed by atoms with E-state index < -0.39 is 0 Å². The van der Waals surface area contributed by atoms with Crippen molar-refractivity contribution in [2.24, 2.45) is 5.92 Å². The predicted molar refractivity (Wildman–Crippen MR) is 71.8 cm³/mol. The molecule has 1 heterocycles. The third-order valence-corrected chi connectivity index (χ3v) is 3.64. The Morgan fingerprint density at radius 2 is 1.95 bits per heavy atom. The van der Waals surface area contributed by atoms with Crippen molar-refractivity contribution in [2.75, 3.05) is 33.4 Å². The molecule has 0 atom stereocenters. The molecule has 0 spiro atoms. The molecule has 0 saturated carbocycles. The normalized spacial score (nSPS) is 17.6. The molecule has 1 aliphatic heterocycles. The minimum absolute atomic E-state index is 0.0604. The van der Waals surface area contributed by atoms with E-state index in [1.165, 1.54) is 12.1 Å². The fraction of sp³-hybridized carbons (Fsp3) is 0.533. The van der Waals surface area contributed by atoms with Gasteiger partial charge in [0.15, 0.2) is 5.78 Å². The second-order valence-electron chi connectivity index (χ2n) is 5.10. The molecule has 104 valence electrons. The number of methoxy groups -OCH3 is 1. The van der Waals surface area contributed by atoms with Crippen molar-refractivity contribution < 1.29 is 13.9 Å². The largest absolute Gasteiger partial charge is 0.384 e. The number of likely N-dealkylation sites (tertiary alicyclic amines) is 1. The van der Waals surface area contributed by atoms with Crippen LogP contribution < -0.4 is 0 Å². The van der Waals surface area contributed by atoms with Gasteiger partial charge < -0.3 is 4.74 Å². The highest BCUT2D eigenvalue weighted by atomic mass is 19.1. The summed E-state index contributed by atoms with van der Waals surface area (Å²) < 4.78 is 17.9. The standard InChI is InChI=1S/C15H20FNO2/c1-19-11-12-6-8-17(9-7-12)10-15(18)13-2-4-14(16)5-3-13/h2-5,12H,6-11H2,1H3. The Hall–Kier alpha value is -1.26. The van der Waals surface area contributed by atoms with E-state index in [0.717, 1.165) is 32.5 Å². The SMILES string of the molecule is COCC1CCN(CC(=O)c2ccc(F)cc2)CC1. The zero-order valence-electron chi connectivity index (χ0n) is 11.3. The molecule has 0 aliphatic carbocycles. The minimum atomic E-state index is -0.308. The molecule has 1 fully saturated rings. The smallest absolute Gasteiger partial charge is 0.176 e. The molecule has 0 aromatic heterocycles. The molecule has 1 aromatic carbocycles. The van der Waals surface area contributed by atoms with Gasteiger partial charge in [0.05, 0.1) is 6.54 Å². The maximum atomic E-state index is 12.8. The highest BCUT2D eigenvalue weighted by molar-refractivity contribution is 5.97. The summed E-state index contributed by atoms with van der Waals surface area (Å²) in [6.07, 6.45) is 2.15. The molecule has 1 aromatic rings. The minimum Gasteiger partial charge on any atom is -0.384 e. The van der Waals surface area contributed by atoms with E-state index in [1.54, 1.807) is 19.2 Å². The van der Waals surface area contributed by atoms with Gasteiger partial charge >= 0.3 is 0 Å². The Labute approximate surface area is 113 Å². The molecule has 3 nitrogen and oxygen atoms in total. The summed E-state index contributed by atoms with van der Waals surface area (Å²) in [5, 5.41) is 0. The van der Waals surface area contributed by atoms with Crippen LogP contribution in [-0.2, 0) is 4.74 Å². The highest BCUT2D eigenvalue weighted by Crippen LogP contribution is 2.17. The average molecular weight is 265 g/mol. The molecule has 0 amide bonds. The fourth-order valence-corrected chi connectivity index (χ4v) is 2.48. The summed E-state index contributed by atoms with van der Waals surface area (Å²) in [5.74, 6) is 0.365. The summed E-state index contributed by atoms with van der Waals surface area (Å²) in [7, 11) is 1.73. The Kier molecular flexibility index (Phi) is 5.05. The van der Waals surface area contributed by atoms with Crippen LogP contribution in [0.2, 0.25) is 0 Å². The number of carbonyl (C=O) groups excluding carboxylic acids is 1. The number of rotatable bonds is 5. The summed E-state index contributed by atoms with van der Waals surface area (Å²) in [4.78, 5) is 14.2. The number of benzene rings is 1. The van der Waals surface area contributed by atoms with Gasteiger partial charge in [0.1, 0.15) is 5.82 Å². The highest BCUT2D eigenvalue weighted by Gasteiger charge is 2.21. The molecule has 19 heavy (non-hydrogen) atoms. The number of ketones is 1. The van der Waals surface area contributed by atoms with Crippen LogP contribution in [0.1, 0.15) is 23.2 Å². The second-order valence-corrected chi connectivity index (χ2v) is 5.10. The van der Waals surface area contributed by atoms with E-state index in [1.807, 2.05) is 0 Å². The Morgan fingerprint density at radius 3 is 2.53 bits per heavy atom. The second kappa shape index (κ2) is 6.78. The third kappa shape index (κ3) is 4.11. The van der Waals surface area contributed by atoms with Gasteiger partial charge in [-0.05, 0) is 56.1 Å². The maximum Gasteiger partial charge on any atom is 0.176 e. The lowest BCUT2D eigenvalue weighted by Gasteiger charge is -2.31. The van der Waals surface area contributed by atoms with E-state index in [2.05, 4.69) is 4.90 Å². The van der Waals surface area contributed by atoms with Gasteiger partial charge in [-0.2, -0.15) is 0 Å². The summed E-state index contributed by atoms with van der Waals surface area (Å²) >= 11 is 0. The van der Waals surface area contributed by atoms with Crippen LogP contribution in [0.25, 0.3) is 0 Å². The molecular formula is C15H20FNO2. The number of Topliss-reactive ketones (excluding diaryl/α,β-unsaturated/α-hetero) is 1. The number of halogens is 1. The molecule has 0 bridgehead atoms. The van der Waals surface area contributed by atoms with Crippen LogP contribution >= 0.6 is 0 Å². The molecule has 1 saturated heterocycles. The first kappa shape index (κ1) is 14.2. The molecule has 0 radical (unpaired) electrons. The lowest BCUT2D eigenvalue weighted by molar-refractivity contribution is 0.0810. The van der Waals surface area contributed by atoms with E-state index in [0.29, 0.717) is 18.0 Å². The van der Waals surface area contributed by atoms with Crippen molar-refractivity contribution >= 4 is 5.78 Å². The number of carbonyl (C=O) groups is 1. The first-order valence-electron chi connectivity index (χ1n) is 6.69. The van der Waals surface area contributed by atoms with Gasteiger partial charge in [-0.15, -0.1) is 0 Å². The zero-order valence-corrected chi connectivity index (χ0v) is 11.3. The van der Waals surface area contributed by atoms with Gasteiger partial charge in [-0.1, -0.05) is 0 Å². The van der Waals surface area contributed by atoms with E-state index >= 15 is 0 Å². The van der Waals surface area contributed by atoms with Gasteiger partial charge in [-0.3, -0.25) is 9.69 Å². The monoisotopic (exact) mass is 265 g/mol. The quantitative estimate of drug-likeness (QED) is 0.765. The number of hydrogen-bond donors (Lipinski definition) is 0. The Morgan fingerprint density at radius 1 is 1.32 bits per heavy atom. The van der Waals surface area contributed by atoms with Gasteiger partial charge in [0.2, 0.25) is 0 Å². The van der Waals surface area contributed by atoms with E-state index in [9.17, 15) is 9.18 Å². The van der Waals surface area contributed by atoms with Crippen LogP contribution in [0, 0.1) is 11.7 Å². The van der Waals surface area contributed by atoms with Crippen LogP contribution in [0.15, 0.2) is 24.3 Å². The summed E-state index contributed by atoms with van der Waals surface area (Å²) in [6.45, 7) is 3.09. The molecule has 4 heteroatoms. The zero-order chi connectivity index (χ0) is 13.7. The Bertz CT molecular complexity index is 411. The third-order valence-electron chi connectivity index (χ3n) is 3.64. The van der Waals surface area contributed by atoms with Gasteiger partial charge in [-0.25, -0.2) is 4.39 Å². The van der Waals surface area contributed by atoms with Crippen molar-refractivity contribution in [1.82, 2.24) is 4.90 Å². The van der Waals surface area contributed by atoms with Crippen LogP contribution in [0.4, 0.5) is 4.39 Å². The van der Waals surface area contributed by atoms with Crippen molar-refractivity contribution in [3.8, 4) is 0 Å². The topological polar surface area (TPSA) is 29.5 Å². The molecule has 0 unspecified atom stereocenters. The number of piperidine rings is 1. The number of nitrogens with zero attached hydrogens (tertiary/aromatic N) is 1. The summed E-state index contributed by atoms with van der Waals surface area (Å²) in [5.41, 5.74) is 0.584. The predicted octanol–water partition coefficient (Wildman–Crippen LogP) is 2.37.